The number of para-hydroxylation sites is 1. The summed E-state index contributed by atoms with van der Waals surface area (Å²) in [5.74, 6) is 0.0498. The van der Waals surface area contributed by atoms with Gasteiger partial charge in [-0.15, -0.1) is 0 Å². The molecule has 3 heterocycles. The molecule has 1 amide bonds. The average molecular weight is 405 g/mol. The predicted molar refractivity (Wildman–Crippen MR) is 111 cm³/mol. The molecule has 7 heteroatoms. The van der Waals surface area contributed by atoms with E-state index in [1.54, 1.807) is 11.1 Å². The molecule has 0 saturated carbocycles. The summed E-state index contributed by atoms with van der Waals surface area (Å²) >= 11 is 6.26. The number of pyridine rings is 1. The second-order valence-electron chi connectivity index (χ2n) is 7.92. The minimum atomic E-state index is -0.877. The van der Waals surface area contributed by atoms with E-state index in [0.29, 0.717) is 24.0 Å². The zero-order valence-electron chi connectivity index (χ0n) is 16.1. The summed E-state index contributed by atoms with van der Waals surface area (Å²) < 4.78 is 13.5. The van der Waals surface area contributed by atoms with Crippen LogP contribution in [0, 0.1) is 0 Å². The molecule has 0 bridgehead atoms. The van der Waals surface area contributed by atoms with Crippen molar-refractivity contribution in [2.75, 3.05) is 31.5 Å². The van der Waals surface area contributed by atoms with E-state index >= 15 is 0 Å². The van der Waals surface area contributed by atoms with Crippen LogP contribution in [-0.2, 0) is 4.79 Å². The number of amides is 1. The van der Waals surface area contributed by atoms with Crippen molar-refractivity contribution in [3.05, 3.63) is 35.5 Å². The van der Waals surface area contributed by atoms with Crippen LogP contribution in [0.2, 0.25) is 5.02 Å². The first kappa shape index (κ1) is 19.4. The first-order chi connectivity index (χ1) is 13.5. The normalized spacial score (nSPS) is 24.0. The van der Waals surface area contributed by atoms with Crippen LogP contribution in [0.5, 0.6) is 0 Å². The van der Waals surface area contributed by atoms with Gasteiger partial charge < -0.3 is 10.2 Å². The Morgan fingerprint density at radius 3 is 2.82 bits per heavy atom. The molecular formula is C21H26ClFN4O. The van der Waals surface area contributed by atoms with Crippen LogP contribution in [0.1, 0.15) is 26.2 Å². The van der Waals surface area contributed by atoms with Gasteiger partial charge >= 0.3 is 0 Å². The average Bonchev–Trinajstić information content (AvgIpc) is 3.02. The van der Waals surface area contributed by atoms with E-state index < -0.39 is 6.17 Å². The Morgan fingerprint density at radius 1 is 1.32 bits per heavy atom. The molecule has 2 fully saturated rings. The van der Waals surface area contributed by atoms with Crippen LogP contribution in [0.4, 0.5) is 10.1 Å². The van der Waals surface area contributed by atoms with E-state index in [4.69, 9.17) is 11.6 Å². The highest BCUT2D eigenvalue weighted by Gasteiger charge is 2.33. The van der Waals surface area contributed by atoms with Crippen LogP contribution >= 0.6 is 11.6 Å². The molecule has 2 saturated heterocycles. The molecule has 2 aromatic rings. The number of hydrogen-bond acceptors (Lipinski definition) is 4. The van der Waals surface area contributed by atoms with Gasteiger partial charge in [-0.2, -0.15) is 0 Å². The van der Waals surface area contributed by atoms with Crippen LogP contribution in [0.3, 0.4) is 0 Å². The number of benzene rings is 1. The topological polar surface area (TPSA) is 48.5 Å². The van der Waals surface area contributed by atoms with Crippen molar-refractivity contribution in [1.29, 1.82) is 0 Å². The molecule has 28 heavy (non-hydrogen) atoms. The number of alkyl halides is 1. The summed E-state index contributed by atoms with van der Waals surface area (Å²) in [7, 11) is 0. The van der Waals surface area contributed by atoms with E-state index in [-0.39, 0.29) is 18.5 Å². The first-order valence-corrected chi connectivity index (χ1v) is 10.3. The number of fused-ring (bicyclic) bond motifs is 1. The molecule has 0 aliphatic carbocycles. The van der Waals surface area contributed by atoms with Gasteiger partial charge in [0.1, 0.15) is 6.17 Å². The largest absolute Gasteiger partial charge is 0.382 e. The Hall–Kier alpha value is -1.92. The van der Waals surface area contributed by atoms with E-state index in [1.807, 2.05) is 31.2 Å². The maximum Gasteiger partial charge on any atom is 0.237 e. The van der Waals surface area contributed by atoms with Gasteiger partial charge in [0.25, 0.3) is 0 Å². The second-order valence-corrected chi connectivity index (χ2v) is 8.32. The third-order valence-electron chi connectivity index (χ3n) is 5.87. The van der Waals surface area contributed by atoms with Crippen molar-refractivity contribution in [2.24, 2.45) is 0 Å². The number of halogens is 2. The number of nitrogens with zero attached hydrogens (tertiary/aromatic N) is 3. The summed E-state index contributed by atoms with van der Waals surface area (Å²) in [6.07, 6.45) is 3.27. The summed E-state index contributed by atoms with van der Waals surface area (Å²) in [5.41, 5.74) is 1.85. The lowest BCUT2D eigenvalue weighted by Crippen LogP contribution is -2.46. The van der Waals surface area contributed by atoms with Gasteiger partial charge in [-0.05, 0) is 31.9 Å². The fraction of sp³-hybridized carbons (Fsp3) is 0.524. The number of aromatic nitrogens is 1. The molecule has 1 aromatic carbocycles. The van der Waals surface area contributed by atoms with Crippen molar-refractivity contribution in [1.82, 2.24) is 14.8 Å². The van der Waals surface area contributed by atoms with Gasteiger partial charge in [0.15, 0.2) is 0 Å². The Bertz CT molecular complexity index is 855. The number of nitrogens with one attached hydrogen (secondary N) is 1. The van der Waals surface area contributed by atoms with E-state index in [1.165, 1.54) is 0 Å². The Morgan fingerprint density at radius 2 is 2.11 bits per heavy atom. The monoisotopic (exact) mass is 404 g/mol. The van der Waals surface area contributed by atoms with Gasteiger partial charge in [0.05, 0.1) is 23.6 Å². The molecule has 2 aliphatic rings. The first-order valence-electron chi connectivity index (χ1n) is 9.97. The number of rotatable bonds is 4. The zero-order chi connectivity index (χ0) is 19.7. The quantitative estimate of drug-likeness (QED) is 0.843. The minimum Gasteiger partial charge on any atom is -0.382 e. The Balaban J connectivity index is 1.33. The van der Waals surface area contributed by atoms with Crippen molar-refractivity contribution in [3.63, 3.8) is 0 Å². The van der Waals surface area contributed by atoms with Crippen LogP contribution in [0.15, 0.2) is 30.5 Å². The van der Waals surface area contributed by atoms with Crippen LogP contribution in [-0.4, -0.2) is 65.1 Å². The van der Waals surface area contributed by atoms with E-state index in [9.17, 15) is 9.18 Å². The molecule has 2 atom stereocenters. The number of likely N-dealkylation sites (tertiary alicyclic amines) is 2. The Labute approximate surface area is 169 Å². The maximum absolute atomic E-state index is 13.5. The highest BCUT2D eigenvalue weighted by Crippen LogP contribution is 2.28. The highest BCUT2D eigenvalue weighted by molar-refractivity contribution is 6.35. The molecule has 2 aliphatic heterocycles. The lowest BCUT2D eigenvalue weighted by molar-refractivity contribution is -0.133. The van der Waals surface area contributed by atoms with Gasteiger partial charge in [-0.1, -0.05) is 23.7 Å². The summed E-state index contributed by atoms with van der Waals surface area (Å²) in [5, 5.41) is 5.30. The van der Waals surface area contributed by atoms with Gasteiger partial charge in [0.2, 0.25) is 5.91 Å². The van der Waals surface area contributed by atoms with Gasteiger partial charge in [-0.3, -0.25) is 14.7 Å². The fourth-order valence-electron chi connectivity index (χ4n) is 4.32. The SMILES string of the molecule is C[C@@H]1C[C@H](F)CN1C(=O)CN1CCC(Nc2ccnc3c(Cl)cccc23)CC1. The standard InChI is InChI=1S/C21H26ClFN4O/c1-14-11-15(23)12-27(14)20(28)13-26-9-6-16(7-10-26)25-19-5-8-24-21-17(19)3-2-4-18(21)22/h2-5,8,14-16H,6-7,9-13H2,1H3,(H,24,25)/t14-,15+/m1/s1. The predicted octanol–water partition coefficient (Wildman–Crippen LogP) is 3.72. The smallest absolute Gasteiger partial charge is 0.237 e. The van der Waals surface area contributed by atoms with Crippen LogP contribution in [0.25, 0.3) is 10.9 Å². The van der Waals surface area contributed by atoms with Crippen molar-refractivity contribution >= 4 is 34.1 Å². The molecule has 0 unspecified atom stereocenters. The molecule has 0 radical (unpaired) electrons. The van der Waals surface area contributed by atoms with Gasteiger partial charge in [-0.25, -0.2) is 4.39 Å². The maximum atomic E-state index is 13.5. The molecular weight excluding hydrogens is 379 g/mol. The molecule has 5 nitrogen and oxygen atoms in total. The molecule has 150 valence electrons. The third kappa shape index (κ3) is 4.08. The van der Waals surface area contributed by atoms with E-state index in [0.717, 1.165) is 42.5 Å². The number of anilines is 1. The van der Waals surface area contributed by atoms with Crippen molar-refractivity contribution in [2.45, 2.75) is 44.4 Å². The zero-order valence-corrected chi connectivity index (χ0v) is 16.8. The second kappa shape index (κ2) is 8.21. The highest BCUT2D eigenvalue weighted by atomic mass is 35.5. The molecule has 4 rings (SSSR count). The summed E-state index contributed by atoms with van der Waals surface area (Å²) in [6, 6.07) is 8.15. The van der Waals surface area contributed by atoms with Crippen molar-refractivity contribution in [3.8, 4) is 0 Å². The van der Waals surface area contributed by atoms with E-state index in [2.05, 4.69) is 15.2 Å². The van der Waals surface area contributed by atoms with Gasteiger partial charge in [0, 0.05) is 48.9 Å². The summed E-state index contributed by atoms with van der Waals surface area (Å²) in [4.78, 5) is 20.8. The third-order valence-corrected chi connectivity index (χ3v) is 6.18. The summed E-state index contributed by atoms with van der Waals surface area (Å²) in [6.45, 7) is 4.27. The van der Waals surface area contributed by atoms with Crippen molar-refractivity contribution < 1.29 is 9.18 Å². The fourth-order valence-corrected chi connectivity index (χ4v) is 4.54. The number of hydrogen-bond donors (Lipinski definition) is 1. The lowest BCUT2D eigenvalue weighted by Gasteiger charge is -2.34. The minimum absolute atomic E-state index is 0.00787. The lowest BCUT2D eigenvalue weighted by atomic mass is 10.0. The number of carbonyl (C=O) groups is 1. The number of piperidine rings is 1. The molecule has 0 spiro atoms. The number of carbonyl (C=O) groups excluding carboxylic acids is 1. The van der Waals surface area contributed by atoms with Crippen LogP contribution < -0.4 is 5.32 Å². The molecule has 1 N–H and O–H groups in total. The Kier molecular flexibility index (Phi) is 5.69. The molecule has 1 aromatic heterocycles.